The predicted octanol–water partition coefficient (Wildman–Crippen LogP) is 0.372. The first-order valence-corrected chi connectivity index (χ1v) is 7.73. The van der Waals surface area contributed by atoms with Crippen LogP contribution >= 0.6 is 0 Å². The zero-order valence-corrected chi connectivity index (χ0v) is 14.2. The van der Waals surface area contributed by atoms with E-state index >= 15 is 0 Å². The molecule has 0 aromatic heterocycles. The topological polar surface area (TPSA) is 107 Å². The summed E-state index contributed by atoms with van der Waals surface area (Å²) in [4.78, 5) is 36.4. The van der Waals surface area contributed by atoms with E-state index in [-0.39, 0.29) is 23.8 Å². The summed E-state index contributed by atoms with van der Waals surface area (Å²) in [5.41, 5.74) is -2.29. The minimum Gasteiger partial charge on any atom is -0.480 e. The van der Waals surface area contributed by atoms with Gasteiger partial charge in [-0.1, -0.05) is 13.8 Å². The molecule has 2 fully saturated rings. The van der Waals surface area contributed by atoms with Gasteiger partial charge in [0, 0.05) is 12.5 Å². The number of aliphatic hydroxyl groups is 1. The molecule has 0 aromatic carbocycles. The Balaban J connectivity index is 2.26. The van der Waals surface area contributed by atoms with Gasteiger partial charge >= 0.3 is 18.1 Å². The molecule has 2 aliphatic rings. The minimum absolute atomic E-state index is 0.0575. The number of hydrogen-bond acceptors (Lipinski definition) is 4. The van der Waals surface area contributed by atoms with Crippen molar-refractivity contribution in [2.24, 2.45) is 17.3 Å². The monoisotopic (exact) mass is 366 g/mol. The normalized spacial score (nSPS) is 29.0. The molecule has 0 radical (unpaired) electrons. The molecule has 1 saturated carbocycles. The molecule has 0 aromatic rings. The van der Waals surface area contributed by atoms with Crippen molar-refractivity contribution in [3.63, 3.8) is 0 Å². The van der Waals surface area contributed by atoms with E-state index in [0.717, 1.165) is 18.7 Å². The molecule has 2 rings (SSSR count). The second-order valence-corrected chi connectivity index (χ2v) is 7.79. The second kappa shape index (κ2) is 5.58. The number of halogens is 3. The van der Waals surface area contributed by atoms with E-state index in [1.54, 1.807) is 0 Å². The Morgan fingerprint density at radius 3 is 2.16 bits per heavy atom. The number of nitrogens with one attached hydrogen (secondary N) is 1. The molecule has 0 unspecified atom stereocenters. The van der Waals surface area contributed by atoms with Crippen molar-refractivity contribution in [1.82, 2.24) is 10.2 Å². The number of nitrogens with zero attached hydrogens (tertiary/aromatic N) is 1. The Morgan fingerprint density at radius 2 is 1.76 bits per heavy atom. The highest BCUT2D eigenvalue weighted by atomic mass is 19.4. The van der Waals surface area contributed by atoms with Crippen LogP contribution in [-0.4, -0.2) is 63.3 Å². The summed E-state index contributed by atoms with van der Waals surface area (Å²) < 4.78 is 37.5. The van der Waals surface area contributed by atoms with Gasteiger partial charge in [-0.2, -0.15) is 13.2 Å². The van der Waals surface area contributed by atoms with Gasteiger partial charge in [0.2, 0.25) is 5.91 Å². The molecule has 1 saturated heterocycles. The van der Waals surface area contributed by atoms with E-state index in [0.29, 0.717) is 0 Å². The van der Waals surface area contributed by atoms with E-state index in [4.69, 9.17) is 0 Å². The smallest absolute Gasteiger partial charge is 0.471 e. The van der Waals surface area contributed by atoms with Crippen LogP contribution < -0.4 is 5.32 Å². The fraction of sp³-hybridized carbons (Fsp3) is 0.800. The van der Waals surface area contributed by atoms with Crippen LogP contribution in [0.4, 0.5) is 13.2 Å². The van der Waals surface area contributed by atoms with Crippen LogP contribution in [0.5, 0.6) is 0 Å². The first-order valence-electron chi connectivity index (χ1n) is 7.73. The van der Waals surface area contributed by atoms with Crippen LogP contribution in [0.25, 0.3) is 0 Å². The average Bonchev–Trinajstić information content (AvgIpc) is 2.82. The highest BCUT2D eigenvalue weighted by Gasteiger charge is 2.70. The summed E-state index contributed by atoms with van der Waals surface area (Å²) in [5.74, 6) is -5.07. The summed E-state index contributed by atoms with van der Waals surface area (Å²) in [7, 11) is 0. The van der Waals surface area contributed by atoms with Crippen LogP contribution in [0, 0.1) is 17.3 Å². The van der Waals surface area contributed by atoms with Crippen molar-refractivity contribution in [2.75, 3.05) is 6.54 Å². The molecule has 10 heteroatoms. The Labute approximate surface area is 142 Å². The van der Waals surface area contributed by atoms with Crippen molar-refractivity contribution >= 4 is 17.8 Å². The number of carboxylic acids is 1. The molecule has 142 valence electrons. The highest BCUT2D eigenvalue weighted by Crippen LogP contribution is 2.64. The third-order valence-corrected chi connectivity index (χ3v) is 5.23. The maximum absolute atomic E-state index is 12.7. The van der Waals surface area contributed by atoms with Crippen molar-refractivity contribution in [3.05, 3.63) is 0 Å². The summed E-state index contributed by atoms with van der Waals surface area (Å²) in [5, 5.41) is 21.0. The zero-order chi connectivity index (χ0) is 19.5. The number of aliphatic carboxylic acids is 1. The lowest BCUT2D eigenvalue weighted by molar-refractivity contribution is -0.177. The van der Waals surface area contributed by atoms with Crippen LogP contribution in [0.2, 0.25) is 0 Å². The van der Waals surface area contributed by atoms with E-state index < -0.39 is 41.6 Å². The molecule has 2 amide bonds. The SMILES string of the molecule is CC(C)(O)[C@H](NC(=O)C(F)(F)F)C(=O)N1C[C@H]2[C@@H]([C@H]1C(=O)O)C2(C)C. The van der Waals surface area contributed by atoms with Gasteiger partial charge in [0.05, 0.1) is 5.60 Å². The number of alkyl halides is 3. The van der Waals surface area contributed by atoms with E-state index in [1.165, 1.54) is 5.32 Å². The van der Waals surface area contributed by atoms with Crippen molar-refractivity contribution in [1.29, 1.82) is 0 Å². The van der Waals surface area contributed by atoms with Gasteiger partial charge in [-0.3, -0.25) is 9.59 Å². The van der Waals surface area contributed by atoms with Crippen molar-refractivity contribution in [2.45, 2.75) is 51.6 Å². The maximum atomic E-state index is 12.7. The number of rotatable bonds is 4. The van der Waals surface area contributed by atoms with E-state index in [2.05, 4.69) is 0 Å². The van der Waals surface area contributed by atoms with E-state index in [1.807, 2.05) is 13.8 Å². The minimum atomic E-state index is -5.23. The summed E-state index contributed by atoms with van der Waals surface area (Å²) >= 11 is 0. The van der Waals surface area contributed by atoms with Gasteiger partial charge in [-0.05, 0) is 25.2 Å². The lowest BCUT2D eigenvalue weighted by atomic mass is 9.95. The zero-order valence-electron chi connectivity index (χ0n) is 14.2. The highest BCUT2D eigenvalue weighted by molar-refractivity contribution is 5.93. The van der Waals surface area contributed by atoms with Gasteiger partial charge in [0.1, 0.15) is 12.1 Å². The second-order valence-electron chi connectivity index (χ2n) is 7.79. The van der Waals surface area contributed by atoms with Crippen LogP contribution in [-0.2, 0) is 14.4 Å². The standard InChI is InChI=1S/C15H21F3N2O5/c1-13(2)6-5-20(8(7(6)13)11(22)23)10(21)9(14(3,4)25)19-12(24)15(16,17)18/h6-9,25H,5H2,1-4H3,(H,19,24)(H,22,23)/t6-,7-,8-,9+/m0/s1. The summed E-state index contributed by atoms with van der Waals surface area (Å²) in [6.45, 7) is 5.92. The van der Waals surface area contributed by atoms with E-state index in [9.17, 15) is 37.8 Å². The predicted molar refractivity (Wildman–Crippen MR) is 78.2 cm³/mol. The number of hydrogen-bond donors (Lipinski definition) is 3. The molecule has 4 atom stereocenters. The van der Waals surface area contributed by atoms with Crippen molar-refractivity contribution < 1.29 is 37.8 Å². The van der Waals surface area contributed by atoms with Crippen molar-refractivity contribution in [3.8, 4) is 0 Å². The first-order chi connectivity index (χ1) is 11.1. The number of fused-ring (bicyclic) bond motifs is 1. The lowest BCUT2D eigenvalue weighted by Gasteiger charge is -2.36. The number of piperidine rings is 1. The number of carboxylic acid groups (broad SMARTS) is 1. The molecule has 3 N–H and O–H groups in total. The molecular formula is C15H21F3N2O5. The largest absolute Gasteiger partial charge is 0.480 e. The number of carbonyl (C=O) groups excluding carboxylic acids is 2. The molecule has 1 heterocycles. The lowest BCUT2D eigenvalue weighted by Crippen LogP contribution is -2.62. The molecule has 25 heavy (non-hydrogen) atoms. The quantitative estimate of drug-likeness (QED) is 0.667. The number of likely N-dealkylation sites (tertiary alicyclic amines) is 1. The summed E-state index contributed by atoms with van der Waals surface area (Å²) in [6, 6.07) is -3.11. The molecular weight excluding hydrogens is 345 g/mol. The Hall–Kier alpha value is -1.84. The fourth-order valence-electron chi connectivity index (χ4n) is 3.71. The Kier molecular flexibility index (Phi) is 4.35. The molecule has 1 aliphatic carbocycles. The Bertz CT molecular complexity index is 611. The van der Waals surface area contributed by atoms with Crippen LogP contribution in [0.1, 0.15) is 27.7 Å². The Morgan fingerprint density at radius 1 is 1.24 bits per heavy atom. The molecule has 0 spiro atoms. The number of amides is 2. The van der Waals surface area contributed by atoms with Gasteiger partial charge in [0.25, 0.3) is 0 Å². The van der Waals surface area contributed by atoms with Gasteiger partial charge < -0.3 is 20.4 Å². The first kappa shape index (κ1) is 19.5. The molecule has 1 aliphatic heterocycles. The van der Waals surface area contributed by atoms with Gasteiger partial charge in [-0.25, -0.2) is 4.79 Å². The van der Waals surface area contributed by atoms with Crippen LogP contribution in [0.3, 0.4) is 0 Å². The van der Waals surface area contributed by atoms with Gasteiger partial charge in [-0.15, -0.1) is 0 Å². The third kappa shape index (κ3) is 3.31. The molecule has 0 bridgehead atoms. The number of carbonyl (C=O) groups is 3. The molecule has 7 nitrogen and oxygen atoms in total. The maximum Gasteiger partial charge on any atom is 0.471 e. The fourth-order valence-corrected chi connectivity index (χ4v) is 3.71. The average molecular weight is 366 g/mol. The summed E-state index contributed by atoms with van der Waals surface area (Å²) in [6.07, 6.45) is -5.23. The van der Waals surface area contributed by atoms with Crippen LogP contribution in [0.15, 0.2) is 0 Å². The third-order valence-electron chi connectivity index (χ3n) is 5.23. The van der Waals surface area contributed by atoms with Gasteiger partial charge in [0.15, 0.2) is 0 Å².